The van der Waals surface area contributed by atoms with Crippen LogP contribution in [0, 0.1) is 17.0 Å². The summed E-state index contributed by atoms with van der Waals surface area (Å²) in [6.07, 6.45) is 5.59. The Bertz CT molecular complexity index is 510. The Morgan fingerprint density at radius 3 is 2.60 bits per heavy atom. The Labute approximate surface area is 117 Å². The maximum Gasteiger partial charge on any atom is 0.319 e. The maximum atomic E-state index is 11.9. The van der Waals surface area contributed by atoms with Crippen LogP contribution < -0.4 is 10.6 Å². The molecule has 0 spiro atoms. The molecule has 6 heteroatoms. The highest BCUT2D eigenvalue weighted by atomic mass is 16.6. The molecular weight excluding hydrogens is 258 g/mol. The zero-order valence-corrected chi connectivity index (χ0v) is 11.5. The van der Waals surface area contributed by atoms with E-state index in [0.29, 0.717) is 11.3 Å². The average molecular weight is 277 g/mol. The van der Waals surface area contributed by atoms with E-state index in [2.05, 4.69) is 10.6 Å². The minimum Gasteiger partial charge on any atom is -0.335 e. The fourth-order valence-corrected chi connectivity index (χ4v) is 2.54. The molecule has 1 saturated carbocycles. The normalized spacial score (nSPS) is 15.7. The summed E-state index contributed by atoms with van der Waals surface area (Å²) < 4.78 is 0. The molecule has 0 saturated heterocycles. The average Bonchev–Trinajstić information content (AvgIpc) is 2.39. The number of benzene rings is 1. The van der Waals surface area contributed by atoms with Crippen molar-refractivity contribution in [3.05, 3.63) is 33.9 Å². The molecule has 108 valence electrons. The van der Waals surface area contributed by atoms with E-state index in [-0.39, 0.29) is 17.8 Å². The summed E-state index contributed by atoms with van der Waals surface area (Å²) in [4.78, 5) is 22.1. The number of carbonyl (C=O) groups excluding carboxylic acids is 1. The third kappa shape index (κ3) is 3.69. The molecule has 1 fully saturated rings. The van der Waals surface area contributed by atoms with Gasteiger partial charge in [0.1, 0.15) is 0 Å². The highest BCUT2D eigenvalue weighted by molar-refractivity contribution is 5.89. The molecular formula is C14H19N3O3. The lowest BCUT2D eigenvalue weighted by Crippen LogP contribution is -2.39. The molecule has 0 aromatic heterocycles. The zero-order chi connectivity index (χ0) is 14.5. The van der Waals surface area contributed by atoms with Gasteiger partial charge >= 0.3 is 6.03 Å². The lowest BCUT2D eigenvalue weighted by Gasteiger charge is -2.22. The number of urea groups is 1. The number of carbonyl (C=O) groups is 1. The predicted octanol–water partition coefficient (Wildman–Crippen LogP) is 3.36. The second-order valence-electron chi connectivity index (χ2n) is 5.19. The van der Waals surface area contributed by atoms with Crippen molar-refractivity contribution in [2.45, 2.75) is 45.1 Å². The van der Waals surface area contributed by atoms with Crippen LogP contribution in [0.4, 0.5) is 16.2 Å². The molecule has 6 nitrogen and oxygen atoms in total. The monoisotopic (exact) mass is 277 g/mol. The van der Waals surface area contributed by atoms with Gasteiger partial charge in [-0.15, -0.1) is 0 Å². The first kappa shape index (κ1) is 14.3. The van der Waals surface area contributed by atoms with Gasteiger partial charge in [0.05, 0.1) is 4.92 Å². The van der Waals surface area contributed by atoms with Crippen molar-refractivity contribution >= 4 is 17.4 Å². The van der Waals surface area contributed by atoms with Crippen LogP contribution in [0.25, 0.3) is 0 Å². The van der Waals surface area contributed by atoms with Gasteiger partial charge in [-0.25, -0.2) is 4.79 Å². The molecule has 0 aliphatic heterocycles. The van der Waals surface area contributed by atoms with E-state index in [9.17, 15) is 14.9 Å². The predicted molar refractivity (Wildman–Crippen MR) is 76.9 cm³/mol. The Morgan fingerprint density at radius 2 is 2.00 bits per heavy atom. The molecule has 1 aliphatic carbocycles. The Kier molecular flexibility index (Phi) is 4.55. The highest BCUT2D eigenvalue weighted by Gasteiger charge is 2.16. The van der Waals surface area contributed by atoms with Crippen LogP contribution >= 0.6 is 0 Å². The molecule has 0 bridgehead atoms. The van der Waals surface area contributed by atoms with Gasteiger partial charge in [0.2, 0.25) is 0 Å². The molecule has 20 heavy (non-hydrogen) atoms. The molecule has 1 aliphatic rings. The van der Waals surface area contributed by atoms with E-state index in [4.69, 9.17) is 0 Å². The van der Waals surface area contributed by atoms with Gasteiger partial charge in [-0.1, -0.05) is 19.3 Å². The molecule has 1 aromatic rings. The largest absolute Gasteiger partial charge is 0.335 e. The lowest BCUT2D eigenvalue weighted by molar-refractivity contribution is -0.385. The second kappa shape index (κ2) is 6.36. The molecule has 2 rings (SSSR count). The summed E-state index contributed by atoms with van der Waals surface area (Å²) in [6.45, 7) is 1.66. The van der Waals surface area contributed by atoms with Gasteiger partial charge in [-0.3, -0.25) is 10.1 Å². The smallest absolute Gasteiger partial charge is 0.319 e. The SMILES string of the molecule is Cc1cc(NC(=O)NC2CCCCC2)ccc1[N+](=O)[O-]. The minimum absolute atomic E-state index is 0.0586. The molecule has 0 unspecified atom stereocenters. The van der Waals surface area contributed by atoms with E-state index in [1.165, 1.54) is 12.5 Å². The summed E-state index contributed by atoms with van der Waals surface area (Å²) in [6, 6.07) is 4.56. The van der Waals surface area contributed by atoms with Crippen LogP contribution in [0.1, 0.15) is 37.7 Å². The van der Waals surface area contributed by atoms with Crippen molar-refractivity contribution in [1.82, 2.24) is 5.32 Å². The van der Waals surface area contributed by atoms with Gasteiger partial charge < -0.3 is 10.6 Å². The first-order chi connectivity index (χ1) is 9.56. The number of nitro groups is 1. The minimum atomic E-state index is -0.429. The fourth-order valence-electron chi connectivity index (χ4n) is 2.54. The molecule has 0 heterocycles. The van der Waals surface area contributed by atoms with E-state index in [0.717, 1.165) is 25.7 Å². The van der Waals surface area contributed by atoms with Gasteiger partial charge in [-0.05, 0) is 31.9 Å². The van der Waals surface area contributed by atoms with Crippen molar-refractivity contribution in [3.63, 3.8) is 0 Å². The van der Waals surface area contributed by atoms with E-state index in [1.807, 2.05) is 0 Å². The maximum absolute atomic E-state index is 11.9. The Balaban J connectivity index is 1.93. The Morgan fingerprint density at radius 1 is 1.30 bits per heavy atom. The van der Waals surface area contributed by atoms with Crippen LogP contribution in [0.3, 0.4) is 0 Å². The number of hydrogen-bond donors (Lipinski definition) is 2. The van der Waals surface area contributed by atoms with Crippen LogP contribution in [-0.4, -0.2) is 17.0 Å². The molecule has 2 N–H and O–H groups in total. The van der Waals surface area contributed by atoms with Gasteiger partial charge in [0, 0.05) is 23.4 Å². The van der Waals surface area contributed by atoms with Crippen molar-refractivity contribution in [3.8, 4) is 0 Å². The first-order valence-corrected chi connectivity index (χ1v) is 6.89. The van der Waals surface area contributed by atoms with E-state index < -0.39 is 4.92 Å². The van der Waals surface area contributed by atoms with Crippen LogP contribution in [0.15, 0.2) is 18.2 Å². The van der Waals surface area contributed by atoms with Crippen molar-refractivity contribution < 1.29 is 9.72 Å². The molecule has 0 radical (unpaired) electrons. The van der Waals surface area contributed by atoms with E-state index in [1.54, 1.807) is 19.1 Å². The van der Waals surface area contributed by atoms with Gasteiger partial charge in [0.15, 0.2) is 0 Å². The van der Waals surface area contributed by atoms with Crippen molar-refractivity contribution in [2.75, 3.05) is 5.32 Å². The summed E-state index contributed by atoms with van der Waals surface area (Å²) in [5.74, 6) is 0. The topological polar surface area (TPSA) is 84.3 Å². The lowest BCUT2D eigenvalue weighted by atomic mass is 9.96. The number of nitro benzene ring substituents is 1. The second-order valence-corrected chi connectivity index (χ2v) is 5.19. The standard InChI is InChI=1S/C14H19N3O3/c1-10-9-12(7-8-13(10)17(19)20)16-14(18)15-11-5-3-2-4-6-11/h7-9,11H,2-6H2,1H3,(H2,15,16,18). The number of aryl methyl sites for hydroxylation is 1. The number of nitrogens with zero attached hydrogens (tertiary/aromatic N) is 1. The molecule has 0 atom stereocenters. The Hall–Kier alpha value is -2.11. The fraction of sp³-hybridized carbons (Fsp3) is 0.500. The zero-order valence-electron chi connectivity index (χ0n) is 11.5. The number of anilines is 1. The molecule has 1 aromatic carbocycles. The number of amides is 2. The van der Waals surface area contributed by atoms with E-state index >= 15 is 0 Å². The third-order valence-electron chi connectivity index (χ3n) is 3.59. The summed E-state index contributed by atoms with van der Waals surface area (Å²) >= 11 is 0. The summed E-state index contributed by atoms with van der Waals surface area (Å²) in [5, 5.41) is 16.4. The van der Waals surface area contributed by atoms with Crippen LogP contribution in [0.5, 0.6) is 0 Å². The first-order valence-electron chi connectivity index (χ1n) is 6.89. The van der Waals surface area contributed by atoms with Crippen LogP contribution in [-0.2, 0) is 0 Å². The van der Waals surface area contributed by atoms with Crippen molar-refractivity contribution in [2.24, 2.45) is 0 Å². The summed E-state index contributed by atoms with van der Waals surface area (Å²) in [7, 11) is 0. The number of hydrogen-bond acceptors (Lipinski definition) is 3. The highest BCUT2D eigenvalue weighted by Crippen LogP contribution is 2.22. The van der Waals surface area contributed by atoms with Gasteiger partial charge in [-0.2, -0.15) is 0 Å². The van der Waals surface area contributed by atoms with Gasteiger partial charge in [0.25, 0.3) is 5.69 Å². The third-order valence-corrected chi connectivity index (χ3v) is 3.59. The van der Waals surface area contributed by atoms with Crippen LogP contribution in [0.2, 0.25) is 0 Å². The number of nitrogens with one attached hydrogen (secondary N) is 2. The van der Waals surface area contributed by atoms with Crippen molar-refractivity contribution in [1.29, 1.82) is 0 Å². The number of rotatable bonds is 3. The quantitative estimate of drug-likeness (QED) is 0.656. The molecule has 2 amide bonds. The summed E-state index contributed by atoms with van der Waals surface area (Å²) in [5.41, 5.74) is 1.16.